The number of hydrogen-bond acceptors (Lipinski definition) is 7. The molecule has 0 aromatic carbocycles. The molecule has 1 fully saturated rings. The zero-order valence-corrected chi connectivity index (χ0v) is 10.6. The molecule has 0 aliphatic carbocycles. The van der Waals surface area contributed by atoms with Crippen molar-refractivity contribution in [2.75, 3.05) is 12.3 Å². The lowest BCUT2D eigenvalue weighted by Crippen LogP contribution is -2.35. The largest absolute Gasteiger partial charge is 0.394 e. The molecule has 4 atom stereocenters. The molecule has 10 heteroatoms. The van der Waals surface area contributed by atoms with Crippen molar-refractivity contribution >= 4 is 5.82 Å². The maximum Gasteiger partial charge on any atom is 0.351 e. The van der Waals surface area contributed by atoms with E-state index in [4.69, 9.17) is 16.0 Å². The fraction of sp³-hybridized carbons (Fsp3) is 0.600. The Morgan fingerprint density at radius 1 is 1.70 bits per heavy atom. The number of nitrogens with zero attached hydrogens (tertiary/aromatic N) is 5. The number of rotatable bonds is 3. The first kappa shape index (κ1) is 14.3. The second-order valence-corrected chi connectivity index (χ2v) is 4.43. The lowest BCUT2D eigenvalue weighted by Gasteiger charge is -2.18. The number of anilines is 1. The highest BCUT2D eigenvalue weighted by molar-refractivity contribution is 5.35. The normalized spacial score (nSPS) is 29.1. The molecule has 4 N–H and O–H groups in total. The Morgan fingerprint density at radius 3 is 3.00 bits per heavy atom. The lowest BCUT2D eigenvalue weighted by molar-refractivity contribution is -0.0531. The lowest BCUT2D eigenvalue weighted by atomic mass is 10.1. The van der Waals surface area contributed by atoms with E-state index in [1.165, 1.54) is 6.20 Å². The smallest absolute Gasteiger partial charge is 0.351 e. The van der Waals surface area contributed by atoms with Crippen LogP contribution in [0.5, 0.6) is 0 Å². The van der Waals surface area contributed by atoms with Gasteiger partial charge in [0.1, 0.15) is 11.9 Å². The van der Waals surface area contributed by atoms with Gasteiger partial charge in [0, 0.05) is 16.7 Å². The first-order valence-electron chi connectivity index (χ1n) is 5.83. The van der Waals surface area contributed by atoms with E-state index in [1.54, 1.807) is 6.92 Å². The van der Waals surface area contributed by atoms with Crippen LogP contribution in [-0.2, 0) is 4.74 Å². The van der Waals surface area contributed by atoms with Crippen LogP contribution in [0, 0.1) is 6.92 Å². The quantitative estimate of drug-likeness (QED) is 0.368. The first-order chi connectivity index (χ1) is 9.49. The minimum Gasteiger partial charge on any atom is -0.394 e. The van der Waals surface area contributed by atoms with Gasteiger partial charge in [-0.1, -0.05) is 5.11 Å². The molecular weight excluding hydrogens is 268 g/mol. The van der Waals surface area contributed by atoms with E-state index in [0.29, 0.717) is 5.56 Å². The van der Waals surface area contributed by atoms with E-state index in [-0.39, 0.29) is 5.82 Å². The highest BCUT2D eigenvalue weighted by Crippen LogP contribution is 2.30. The van der Waals surface area contributed by atoms with E-state index in [2.05, 4.69) is 15.0 Å². The molecule has 1 aliphatic rings. The van der Waals surface area contributed by atoms with Crippen molar-refractivity contribution in [1.29, 1.82) is 0 Å². The average Bonchev–Trinajstić information content (AvgIpc) is 2.72. The molecule has 10 nitrogen and oxygen atoms in total. The van der Waals surface area contributed by atoms with Crippen LogP contribution < -0.4 is 11.4 Å². The van der Waals surface area contributed by atoms with E-state index < -0.39 is 36.8 Å². The number of hydrogen-bond donors (Lipinski definition) is 3. The SMILES string of the molecule is Cc1cn([C@@H]2O[C@H](CO)C(N=[N+]=[N-])[C@@H]2O)c(=O)nc1N. The van der Waals surface area contributed by atoms with Crippen molar-refractivity contribution in [3.8, 4) is 0 Å². The summed E-state index contributed by atoms with van der Waals surface area (Å²) in [5.41, 5.74) is 13.8. The third-order valence-corrected chi connectivity index (χ3v) is 3.15. The number of aromatic nitrogens is 2. The van der Waals surface area contributed by atoms with Crippen LogP contribution in [0.4, 0.5) is 5.82 Å². The number of ether oxygens (including phenoxy) is 1. The minimum absolute atomic E-state index is 0.0871. The van der Waals surface area contributed by atoms with Crippen LogP contribution in [0.1, 0.15) is 11.8 Å². The number of aliphatic hydroxyl groups is 2. The highest BCUT2D eigenvalue weighted by Gasteiger charge is 2.44. The van der Waals surface area contributed by atoms with E-state index in [0.717, 1.165) is 4.57 Å². The molecule has 1 aromatic rings. The van der Waals surface area contributed by atoms with Crippen LogP contribution in [-0.4, -0.2) is 44.6 Å². The van der Waals surface area contributed by atoms with Crippen molar-refractivity contribution in [2.24, 2.45) is 5.11 Å². The summed E-state index contributed by atoms with van der Waals surface area (Å²) in [6, 6.07) is -0.986. The second-order valence-electron chi connectivity index (χ2n) is 4.43. The standard InChI is InChI=1S/C10H14N6O4/c1-4-2-16(10(19)13-8(4)11)9-7(18)6(14-15-12)5(3-17)20-9/h2,5-7,9,17-18H,3H2,1H3,(H2,11,13,19)/t5-,6?,7+,9-/m1/s1. The summed E-state index contributed by atoms with van der Waals surface area (Å²) in [5.74, 6) is 0.0871. The van der Waals surface area contributed by atoms with E-state index >= 15 is 0 Å². The Bertz CT molecular complexity index is 610. The molecule has 1 aliphatic heterocycles. The van der Waals surface area contributed by atoms with Crippen molar-refractivity contribution in [1.82, 2.24) is 9.55 Å². The third kappa shape index (κ3) is 2.32. The van der Waals surface area contributed by atoms with Crippen molar-refractivity contribution < 1.29 is 14.9 Å². The Morgan fingerprint density at radius 2 is 2.40 bits per heavy atom. The summed E-state index contributed by atoms with van der Waals surface area (Å²) in [7, 11) is 0. The predicted molar refractivity (Wildman–Crippen MR) is 67.6 cm³/mol. The molecule has 2 heterocycles. The summed E-state index contributed by atoms with van der Waals surface area (Å²) in [5, 5.41) is 22.7. The number of aryl methyl sites for hydroxylation is 1. The van der Waals surface area contributed by atoms with Crippen LogP contribution in [0.3, 0.4) is 0 Å². The molecule has 0 saturated carbocycles. The molecule has 20 heavy (non-hydrogen) atoms. The van der Waals surface area contributed by atoms with Gasteiger partial charge in [-0.25, -0.2) is 4.79 Å². The third-order valence-electron chi connectivity index (χ3n) is 3.15. The average molecular weight is 282 g/mol. The van der Waals surface area contributed by atoms with Gasteiger partial charge in [-0.15, -0.1) is 0 Å². The van der Waals surface area contributed by atoms with Crippen molar-refractivity contribution in [3.05, 3.63) is 32.7 Å². The molecule has 0 bridgehead atoms. The fourth-order valence-electron chi connectivity index (χ4n) is 2.07. The number of nitrogen functional groups attached to an aromatic ring is 1. The van der Waals surface area contributed by atoms with Gasteiger partial charge in [-0.05, 0) is 12.5 Å². The van der Waals surface area contributed by atoms with Crippen LogP contribution in [0.15, 0.2) is 16.1 Å². The van der Waals surface area contributed by atoms with Gasteiger partial charge < -0.3 is 20.7 Å². The minimum atomic E-state index is -1.27. The number of azide groups is 1. The molecule has 0 radical (unpaired) electrons. The van der Waals surface area contributed by atoms with E-state index in [1.807, 2.05) is 0 Å². The molecule has 2 rings (SSSR count). The summed E-state index contributed by atoms with van der Waals surface area (Å²) in [4.78, 5) is 18.0. The number of nitrogens with two attached hydrogens (primary N) is 1. The Kier molecular flexibility index (Phi) is 3.91. The molecule has 1 unspecified atom stereocenters. The fourth-order valence-corrected chi connectivity index (χ4v) is 2.07. The monoisotopic (exact) mass is 282 g/mol. The summed E-state index contributed by atoms with van der Waals surface area (Å²) < 4.78 is 6.43. The second kappa shape index (κ2) is 5.47. The van der Waals surface area contributed by atoms with Crippen molar-refractivity contribution in [3.63, 3.8) is 0 Å². The van der Waals surface area contributed by atoms with Crippen molar-refractivity contribution in [2.45, 2.75) is 31.4 Å². The molecule has 108 valence electrons. The predicted octanol–water partition coefficient (Wildman–Crippen LogP) is -0.937. The maximum absolute atomic E-state index is 11.8. The topological polar surface area (TPSA) is 159 Å². The van der Waals surface area contributed by atoms with E-state index in [9.17, 15) is 15.0 Å². The van der Waals surface area contributed by atoms with Gasteiger partial charge in [-0.2, -0.15) is 4.98 Å². The Balaban J connectivity index is 2.41. The van der Waals surface area contributed by atoms with Gasteiger partial charge in [0.15, 0.2) is 6.23 Å². The van der Waals surface area contributed by atoms with Gasteiger partial charge in [0.25, 0.3) is 0 Å². The van der Waals surface area contributed by atoms with Gasteiger partial charge >= 0.3 is 5.69 Å². The van der Waals surface area contributed by atoms with Crippen LogP contribution in [0.2, 0.25) is 0 Å². The highest BCUT2D eigenvalue weighted by atomic mass is 16.5. The zero-order valence-electron chi connectivity index (χ0n) is 10.6. The molecule has 1 saturated heterocycles. The van der Waals surface area contributed by atoms with Gasteiger partial charge in [0.05, 0.1) is 18.8 Å². The zero-order chi connectivity index (χ0) is 14.9. The Labute approximate surface area is 113 Å². The maximum atomic E-state index is 11.8. The molecule has 0 amide bonds. The molecular formula is C10H14N6O4. The Hall–Kier alpha value is -2.13. The van der Waals surface area contributed by atoms with Gasteiger partial charge in [0.2, 0.25) is 0 Å². The van der Waals surface area contributed by atoms with Crippen LogP contribution in [0.25, 0.3) is 10.4 Å². The molecule has 0 spiro atoms. The summed E-state index contributed by atoms with van der Waals surface area (Å²) in [6.07, 6.45) is -1.87. The van der Waals surface area contributed by atoms with Gasteiger partial charge in [-0.3, -0.25) is 4.57 Å². The first-order valence-corrected chi connectivity index (χ1v) is 5.83. The summed E-state index contributed by atoms with van der Waals surface area (Å²) >= 11 is 0. The van der Waals surface area contributed by atoms with Crippen LogP contribution >= 0.6 is 0 Å². The molecule has 1 aromatic heterocycles. The number of aliphatic hydroxyl groups excluding tert-OH is 2. The summed E-state index contributed by atoms with van der Waals surface area (Å²) in [6.45, 7) is 1.20.